The number of anilines is 1. The minimum Gasteiger partial charge on any atom is -0.489 e. The smallest absolute Gasteiger partial charge is 0.317 e. The first kappa shape index (κ1) is 33.3. The predicted molar refractivity (Wildman–Crippen MR) is 178 cm³/mol. The fourth-order valence-electron chi connectivity index (χ4n) is 8.10. The number of nitrogens with zero attached hydrogens (tertiary/aromatic N) is 3. The van der Waals surface area contributed by atoms with Crippen molar-refractivity contribution in [2.24, 2.45) is 5.41 Å². The van der Waals surface area contributed by atoms with Crippen LogP contribution in [0.4, 0.5) is 18.9 Å². The molecule has 2 unspecified atom stereocenters. The SMILES string of the molecule is CC[C@@H]1Cc2cc(OCc3ccccc3)ccc2C(c2c(F)cc(N3CCCC4(CCN(CC(=O)O)C4)C3)cc2F)N1CC(C)(C)F. The van der Waals surface area contributed by atoms with Gasteiger partial charge in [0.1, 0.15) is 29.7 Å². The van der Waals surface area contributed by atoms with E-state index in [2.05, 4.69) is 0 Å². The molecule has 0 aromatic heterocycles. The monoisotopic (exact) mass is 649 g/mol. The van der Waals surface area contributed by atoms with Crippen LogP contribution in [0.25, 0.3) is 0 Å². The number of aliphatic carboxylic acids is 1. The van der Waals surface area contributed by atoms with E-state index in [1.54, 1.807) is 0 Å². The molecule has 0 amide bonds. The molecule has 2 saturated heterocycles. The first-order valence-corrected chi connectivity index (χ1v) is 16.9. The molecule has 3 aliphatic heterocycles. The molecule has 252 valence electrons. The van der Waals surface area contributed by atoms with Gasteiger partial charge in [0.25, 0.3) is 0 Å². The summed E-state index contributed by atoms with van der Waals surface area (Å²) >= 11 is 0. The van der Waals surface area contributed by atoms with E-state index in [-0.39, 0.29) is 30.1 Å². The van der Waals surface area contributed by atoms with Gasteiger partial charge in [-0.1, -0.05) is 43.3 Å². The number of rotatable bonds is 10. The van der Waals surface area contributed by atoms with Crippen molar-refractivity contribution in [3.63, 3.8) is 0 Å². The molecular weight excluding hydrogens is 603 g/mol. The van der Waals surface area contributed by atoms with Crippen molar-refractivity contribution in [2.45, 2.75) is 77.2 Å². The highest BCUT2D eigenvalue weighted by atomic mass is 19.1. The number of likely N-dealkylation sites (tertiary alicyclic amines) is 1. The number of fused-ring (bicyclic) bond motifs is 1. The van der Waals surface area contributed by atoms with Crippen molar-refractivity contribution in [3.8, 4) is 5.75 Å². The van der Waals surface area contributed by atoms with Crippen LogP contribution >= 0.6 is 0 Å². The molecule has 1 spiro atoms. The second kappa shape index (κ2) is 13.5. The summed E-state index contributed by atoms with van der Waals surface area (Å²) in [7, 11) is 0. The van der Waals surface area contributed by atoms with Gasteiger partial charge in [-0.2, -0.15) is 0 Å². The van der Waals surface area contributed by atoms with E-state index in [0.29, 0.717) is 57.1 Å². The van der Waals surface area contributed by atoms with Gasteiger partial charge in [0, 0.05) is 48.9 Å². The molecule has 0 saturated carbocycles. The van der Waals surface area contributed by atoms with Crippen molar-refractivity contribution < 1.29 is 27.8 Å². The topological polar surface area (TPSA) is 56.3 Å². The number of carbonyl (C=O) groups is 1. The standard InChI is InChI=1S/C38H46F3N3O3/c1-4-28-17-27-18-30(47-22-26-9-6-5-7-10-26)11-12-31(27)36(44(28)23-37(2,3)41)35-32(39)19-29(20-33(35)40)43-15-8-13-38(25-43)14-16-42(24-38)21-34(45)46/h5-7,9-12,18-20,28,36H,4,8,13-17,21-25H2,1-3H3,(H,45,46)/t28-,36?,38?/m1/s1. The van der Waals surface area contributed by atoms with Gasteiger partial charge in [0.15, 0.2) is 0 Å². The van der Waals surface area contributed by atoms with Crippen LogP contribution in [0.2, 0.25) is 0 Å². The molecule has 6 rings (SSSR count). The molecule has 3 aromatic rings. The summed E-state index contributed by atoms with van der Waals surface area (Å²) in [4.78, 5) is 17.2. The lowest BCUT2D eigenvalue weighted by Gasteiger charge is -2.45. The van der Waals surface area contributed by atoms with E-state index in [1.165, 1.54) is 26.0 Å². The number of hydrogen-bond acceptors (Lipinski definition) is 5. The highest BCUT2D eigenvalue weighted by molar-refractivity contribution is 5.69. The number of carboxylic acid groups (broad SMARTS) is 1. The van der Waals surface area contributed by atoms with Crippen LogP contribution in [0, 0.1) is 17.0 Å². The molecule has 3 heterocycles. The number of alkyl halides is 1. The highest BCUT2D eigenvalue weighted by Gasteiger charge is 2.43. The lowest BCUT2D eigenvalue weighted by molar-refractivity contribution is -0.138. The minimum atomic E-state index is -1.58. The van der Waals surface area contributed by atoms with Gasteiger partial charge in [-0.3, -0.25) is 14.6 Å². The van der Waals surface area contributed by atoms with Crippen LogP contribution in [-0.4, -0.2) is 71.9 Å². The first-order valence-electron chi connectivity index (χ1n) is 16.9. The van der Waals surface area contributed by atoms with Crippen molar-refractivity contribution in [1.29, 1.82) is 0 Å². The summed E-state index contributed by atoms with van der Waals surface area (Å²) in [5, 5.41) is 9.27. The second-order valence-corrected chi connectivity index (χ2v) is 14.4. The Morgan fingerprint density at radius 3 is 2.45 bits per heavy atom. The second-order valence-electron chi connectivity index (χ2n) is 14.4. The van der Waals surface area contributed by atoms with Gasteiger partial charge >= 0.3 is 5.97 Å². The third-order valence-electron chi connectivity index (χ3n) is 10.2. The third kappa shape index (κ3) is 7.46. The summed E-state index contributed by atoms with van der Waals surface area (Å²) in [5.74, 6) is -1.44. The molecular formula is C38H46F3N3O3. The van der Waals surface area contributed by atoms with E-state index in [4.69, 9.17) is 4.74 Å². The Labute approximate surface area is 276 Å². The average Bonchev–Trinajstić information content (AvgIpc) is 3.40. The minimum absolute atomic E-state index is 0.00809. The predicted octanol–water partition coefficient (Wildman–Crippen LogP) is 7.39. The maximum absolute atomic E-state index is 16.5. The number of carboxylic acids is 1. The molecule has 3 atom stereocenters. The zero-order valence-electron chi connectivity index (χ0n) is 27.7. The Balaban J connectivity index is 1.32. The van der Waals surface area contributed by atoms with Gasteiger partial charge in [-0.05, 0) is 93.5 Å². The number of ether oxygens (including phenoxy) is 1. The molecule has 47 heavy (non-hydrogen) atoms. The average molecular weight is 650 g/mol. The third-order valence-corrected chi connectivity index (χ3v) is 10.2. The lowest BCUT2D eigenvalue weighted by Crippen LogP contribution is -2.49. The fourth-order valence-corrected chi connectivity index (χ4v) is 8.10. The van der Waals surface area contributed by atoms with Crippen LogP contribution in [0.15, 0.2) is 60.7 Å². The van der Waals surface area contributed by atoms with E-state index < -0.39 is 29.3 Å². The first-order chi connectivity index (χ1) is 22.4. The van der Waals surface area contributed by atoms with Gasteiger partial charge in [-0.25, -0.2) is 13.2 Å². The zero-order chi connectivity index (χ0) is 33.3. The Bertz CT molecular complexity index is 1560. The number of hydrogen-bond donors (Lipinski definition) is 1. The number of benzene rings is 3. The number of piperidine rings is 1. The molecule has 3 aromatic carbocycles. The van der Waals surface area contributed by atoms with Gasteiger partial charge in [0.2, 0.25) is 0 Å². The highest BCUT2D eigenvalue weighted by Crippen LogP contribution is 2.45. The van der Waals surface area contributed by atoms with Gasteiger partial charge in [0.05, 0.1) is 12.6 Å². The molecule has 0 radical (unpaired) electrons. The quantitative estimate of drug-likeness (QED) is 0.247. The summed E-state index contributed by atoms with van der Waals surface area (Å²) in [6.45, 7) is 8.17. The van der Waals surface area contributed by atoms with Crippen molar-refractivity contribution in [3.05, 3.63) is 94.6 Å². The summed E-state index contributed by atoms with van der Waals surface area (Å²) < 4.78 is 54.4. The van der Waals surface area contributed by atoms with Crippen molar-refractivity contribution in [2.75, 3.05) is 44.2 Å². The van der Waals surface area contributed by atoms with Crippen LogP contribution in [0.1, 0.15) is 74.8 Å². The fraction of sp³-hybridized carbons (Fsp3) is 0.500. The van der Waals surface area contributed by atoms with E-state index >= 15 is 13.2 Å². The molecule has 2 fully saturated rings. The van der Waals surface area contributed by atoms with Crippen LogP contribution < -0.4 is 9.64 Å². The van der Waals surface area contributed by atoms with E-state index in [9.17, 15) is 9.90 Å². The van der Waals surface area contributed by atoms with Gasteiger partial charge < -0.3 is 14.7 Å². The van der Waals surface area contributed by atoms with Crippen molar-refractivity contribution >= 4 is 11.7 Å². The summed E-state index contributed by atoms with van der Waals surface area (Å²) in [5.41, 5.74) is 1.51. The lowest BCUT2D eigenvalue weighted by atomic mass is 9.79. The van der Waals surface area contributed by atoms with Crippen LogP contribution in [0.3, 0.4) is 0 Å². The Kier molecular flexibility index (Phi) is 9.59. The number of halogens is 3. The Morgan fingerprint density at radius 2 is 1.77 bits per heavy atom. The molecule has 0 bridgehead atoms. The summed E-state index contributed by atoms with van der Waals surface area (Å²) in [6.07, 6.45) is 4.01. The Hall–Kier alpha value is -3.56. The molecule has 9 heteroatoms. The maximum atomic E-state index is 16.5. The normalized spacial score (nSPS) is 23.7. The van der Waals surface area contributed by atoms with Gasteiger partial charge in [-0.15, -0.1) is 0 Å². The maximum Gasteiger partial charge on any atom is 0.317 e. The molecule has 3 aliphatic rings. The summed E-state index contributed by atoms with van der Waals surface area (Å²) in [6, 6.07) is 17.5. The Morgan fingerprint density at radius 1 is 1.02 bits per heavy atom. The molecule has 1 N–H and O–H groups in total. The largest absolute Gasteiger partial charge is 0.489 e. The van der Waals surface area contributed by atoms with Crippen molar-refractivity contribution in [1.82, 2.24) is 9.80 Å². The van der Waals surface area contributed by atoms with Crippen LogP contribution in [-0.2, 0) is 17.8 Å². The van der Waals surface area contributed by atoms with E-state index in [0.717, 1.165) is 36.0 Å². The molecule has 6 nitrogen and oxygen atoms in total. The zero-order valence-corrected chi connectivity index (χ0v) is 27.7. The van der Waals surface area contributed by atoms with E-state index in [1.807, 2.05) is 70.2 Å². The van der Waals surface area contributed by atoms with Crippen LogP contribution in [0.5, 0.6) is 5.75 Å². The molecule has 0 aliphatic carbocycles.